The van der Waals surface area contributed by atoms with Gasteiger partial charge < -0.3 is 10.6 Å². The third-order valence-corrected chi connectivity index (χ3v) is 1.19. The predicted molar refractivity (Wildman–Crippen MR) is 51.1 cm³/mol. The zero-order chi connectivity index (χ0) is 9.56. The number of carbonyl (C=O) groups is 1. The quantitative estimate of drug-likeness (QED) is 0.621. The van der Waals surface area contributed by atoms with Crippen molar-refractivity contribution >= 4 is 6.03 Å². The Balaban J connectivity index is 3.51. The highest BCUT2D eigenvalue weighted by atomic mass is 16.2. The molecule has 0 aliphatic heterocycles. The highest BCUT2D eigenvalue weighted by Gasteiger charge is 1.98. The van der Waals surface area contributed by atoms with E-state index in [4.69, 9.17) is 0 Å². The Morgan fingerprint density at radius 1 is 1.42 bits per heavy atom. The van der Waals surface area contributed by atoms with E-state index < -0.39 is 0 Å². The molecule has 0 atom stereocenters. The highest BCUT2D eigenvalue weighted by Crippen LogP contribution is 1.85. The second-order valence-electron chi connectivity index (χ2n) is 3.29. The molecule has 0 saturated carbocycles. The molecular weight excluding hydrogens is 152 g/mol. The number of urea groups is 1. The van der Waals surface area contributed by atoms with E-state index in [2.05, 4.69) is 10.6 Å². The van der Waals surface area contributed by atoms with Gasteiger partial charge in [-0.15, -0.1) is 0 Å². The Labute approximate surface area is 74.2 Å². The lowest BCUT2D eigenvalue weighted by Crippen LogP contribution is -2.39. The van der Waals surface area contributed by atoms with Crippen molar-refractivity contribution in [2.24, 2.45) is 0 Å². The summed E-state index contributed by atoms with van der Waals surface area (Å²) < 4.78 is 0. The van der Waals surface area contributed by atoms with Gasteiger partial charge >= 0.3 is 6.03 Å². The normalized spacial score (nSPS) is 9.42. The van der Waals surface area contributed by atoms with Crippen molar-refractivity contribution in [3.8, 4) is 0 Å². The zero-order valence-corrected chi connectivity index (χ0v) is 8.27. The van der Waals surface area contributed by atoms with Gasteiger partial charge in [-0.2, -0.15) is 0 Å². The first kappa shape index (κ1) is 11.0. The second kappa shape index (κ2) is 5.63. The summed E-state index contributed by atoms with van der Waals surface area (Å²) in [5, 5.41) is 5.46. The third-order valence-electron chi connectivity index (χ3n) is 1.19. The van der Waals surface area contributed by atoms with Crippen LogP contribution in [-0.2, 0) is 0 Å². The summed E-state index contributed by atoms with van der Waals surface area (Å²) in [5.74, 6) is 0. The monoisotopic (exact) mass is 170 g/mol. The van der Waals surface area contributed by atoms with E-state index in [1.807, 2.05) is 33.8 Å². The fourth-order valence-electron chi connectivity index (χ4n) is 0.661. The lowest BCUT2D eigenvalue weighted by Gasteiger charge is -2.08. The number of hydrogen-bond acceptors (Lipinski definition) is 1. The minimum absolute atomic E-state index is 0.109. The van der Waals surface area contributed by atoms with Gasteiger partial charge in [-0.05, 0) is 27.7 Å². The molecule has 0 aliphatic rings. The van der Waals surface area contributed by atoms with Crippen molar-refractivity contribution in [3.05, 3.63) is 11.6 Å². The molecule has 0 saturated heterocycles. The topological polar surface area (TPSA) is 41.1 Å². The van der Waals surface area contributed by atoms with E-state index in [1.54, 1.807) is 0 Å². The number of rotatable bonds is 3. The Morgan fingerprint density at radius 2 is 2.00 bits per heavy atom. The molecule has 12 heavy (non-hydrogen) atoms. The summed E-state index contributed by atoms with van der Waals surface area (Å²) in [7, 11) is 0. The van der Waals surface area contributed by atoms with Gasteiger partial charge in [0.05, 0.1) is 0 Å². The maximum Gasteiger partial charge on any atom is 0.315 e. The van der Waals surface area contributed by atoms with Crippen LogP contribution in [0.25, 0.3) is 0 Å². The second-order valence-corrected chi connectivity index (χ2v) is 3.29. The highest BCUT2D eigenvalue weighted by molar-refractivity contribution is 5.74. The molecule has 2 amide bonds. The molecule has 0 heterocycles. The molecule has 0 aromatic heterocycles. The summed E-state index contributed by atoms with van der Waals surface area (Å²) >= 11 is 0. The molecule has 0 radical (unpaired) electrons. The van der Waals surface area contributed by atoms with Crippen molar-refractivity contribution in [1.29, 1.82) is 0 Å². The zero-order valence-electron chi connectivity index (χ0n) is 8.27. The van der Waals surface area contributed by atoms with Gasteiger partial charge in [0.25, 0.3) is 0 Å². The maximum atomic E-state index is 11.0. The van der Waals surface area contributed by atoms with Crippen LogP contribution >= 0.6 is 0 Å². The Morgan fingerprint density at radius 3 is 2.42 bits per heavy atom. The van der Waals surface area contributed by atoms with Crippen LogP contribution < -0.4 is 10.6 Å². The van der Waals surface area contributed by atoms with Crippen LogP contribution in [0.3, 0.4) is 0 Å². The van der Waals surface area contributed by atoms with Crippen LogP contribution in [0.2, 0.25) is 0 Å². The first-order valence-electron chi connectivity index (χ1n) is 4.20. The molecule has 0 fully saturated rings. The van der Waals surface area contributed by atoms with E-state index in [0.29, 0.717) is 6.54 Å². The van der Waals surface area contributed by atoms with E-state index in [9.17, 15) is 4.79 Å². The molecule has 3 nitrogen and oxygen atoms in total. The standard InChI is InChI=1S/C9H18N2O/c1-7(2)5-6-10-9(12)11-8(3)4/h5,8H,6H2,1-4H3,(H2,10,11,12). The molecule has 70 valence electrons. The van der Waals surface area contributed by atoms with E-state index in [-0.39, 0.29) is 12.1 Å². The third kappa shape index (κ3) is 7.12. The molecule has 0 rings (SSSR count). The van der Waals surface area contributed by atoms with Crippen molar-refractivity contribution in [3.63, 3.8) is 0 Å². The van der Waals surface area contributed by atoms with E-state index >= 15 is 0 Å². The molecule has 0 unspecified atom stereocenters. The lowest BCUT2D eigenvalue weighted by molar-refractivity contribution is 0.239. The van der Waals surface area contributed by atoms with Crippen LogP contribution in [-0.4, -0.2) is 18.6 Å². The number of amides is 2. The van der Waals surface area contributed by atoms with Gasteiger partial charge in [0.2, 0.25) is 0 Å². The molecule has 0 aromatic rings. The Kier molecular flexibility index (Phi) is 5.17. The van der Waals surface area contributed by atoms with Crippen LogP contribution in [0.5, 0.6) is 0 Å². The van der Waals surface area contributed by atoms with Crippen molar-refractivity contribution in [2.75, 3.05) is 6.54 Å². The summed E-state index contributed by atoms with van der Waals surface area (Å²) in [6.07, 6.45) is 1.97. The van der Waals surface area contributed by atoms with Gasteiger partial charge in [0.1, 0.15) is 0 Å². The molecule has 0 spiro atoms. The van der Waals surface area contributed by atoms with Gasteiger partial charge in [-0.1, -0.05) is 11.6 Å². The summed E-state index contributed by atoms with van der Waals surface area (Å²) in [4.78, 5) is 11.0. The summed E-state index contributed by atoms with van der Waals surface area (Å²) in [5.41, 5.74) is 1.21. The minimum atomic E-state index is -0.109. The minimum Gasteiger partial charge on any atom is -0.336 e. The van der Waals surface area contributed by atoms with Crippen LogP contribution in [0, 0.1) is 0 Å². The van der Waals surface area contributed by atoms with E-state index in [1.165, 1.54) is 5.57 Å². The first-order valence-corrected chi connectivity index (χ1v) is 4.20. The average Bonchev–Trinajstić information content (AvgIpc) is 1.84. The first-order chi connectivity index (χ1) is 5.52. The SMILES string of the molecule is CC(C)=CCNC(=O)NC(C)C. The Bertz CT molecular complexity index is 169. The number of hydrogen-bond donors (Lipinski definition) is 2. The fourth-order valence-corrected chi connectivity index (χ4v) is 0.661. The summed E-state index contributed by atoms with van der Waals surface area (Å²) in [6.45, 7) is 8.46. The van der Waals surface area contributed by atoms with E-state index in [0.717, 1.165) is 0 Å². The maximum absolute atomic E-state index is 11.0. The lowest BCUT2D eigenvalue weighted by atomic mass is 10.3. The van der Waals surface area contributed by atoms with Crippen molar-refractivity contribution in [2.45, 2.75) is 33.7 Å². The average molecular weight is 170 g/mol. The van der Waals surface area contributed by atoms with Crippen LogP contribution in [0.4, 0.5) is 4.79 Å². The molecular formula is C9H18N2O. The fraction of sp³-hybridized carbons (Fsp3) is 0.667. The number of allylic oxidation sites excluding steroid dienone is 1. The number of nitrogens with one attached hydrogen (secondary N) is 2. The number of carbonyl (C=O) groups excluding carboxylic acids is 1. The summed E-state index contributed by atoms with van der Waals surface area (Å²) in [6, 6.07) is 0.0826. The van der Waals surface area contributed by atoms with Crippen molar-refractivity contribution < 1.29 is 4.79 Å². The smallest absolute Gasteiger partial charge is 0.315 e. The molecule has 0 aliphatic carbocycles. The van der Waals surface area contributed by atoms with Gasteiger partial charge in [-0.25, -0.2) is 4.79 Å². The van der Waals surface area contributed by atoms with Gasteiger partial charge in [0.15, 0.2) is 0 Å². The van der Waals surface area contributed by atoms with Gasteiger partial charge in [0, 0.05) is 12.6 Å². The molecule has 3 heteroatoms. The Hall–Kier alpha value is -0.990. The molecule has 0 bridgehead atoms. The van der Waals surface area contributed by atoms with Gasteiger partial charge in [-0.3, -0.25) is 0 Å². The largest absolute Gasteiger partial charge is 0.336 e. The molecule has 0 aromatic carbocycles. The predicted octanol–water partition coefficient (Wildman–Crippen LogP) is 1.66. The van der Waals surface area contributed by atoms with Crippen LogP contribution in [0.15, 0.2) is 11.6 Å². The molecule has 2 N–H and O–H groups in total. The van der Waals surface area contributed by atoms with Crippen LogP contribution in [0.1, 0.15) is 27.7 Å². The van der Waals surface area contributed by atoms with Crippen molar-refractivity contribution in [1.82, 2.24) is 10.6 Å².